The molecule has 0 aliphatic carbocycles. The molecule has 2 amide bonds. The average Bonchev–Trinajstić information content (AvgIpc) is 2.96. The van der Waals surface area contributed by atoms with Crippen molar-refractivity contribution in [2.75, 3.05) is 45.9 Å². The highest BCUT2D eigenvalue weighted by Crippen LogP contribution is 2.38. The van der Waals surface area contributed by atoms with Crippen molar-refractivity contribution < 1.29 is 14.3 Å². The number of amides is 2. The zero-order chi connectivity index (χ0) is 27.1. The highest BCUT2D eigenvalue weighted by molar-refractivity contribution is 5.83. The van der Waals surface area contributed by atoms with E-state index in [1.54, 1.807) is 0 Å². The summed E-state index contributed by atoms with van der Waals surface area (Å²) in [4.78, 5) is 35.3. The van der Waals surface area contributed by atoms with Crippen molar-refractivity contribution in [2.45, 2.75) is 64.7 Å². The Morgan fingerprint density at radius 1 is 1.05 bits per heavy atom. The molecule has 0 unspecified atom stereocenters. The molecule has 4 heterocycles. The van der Waals surface area contributed by atoms with Crippen molar-refractivity contribution in [3.63, 3.8) is 0 Å². The van der Waals surface area contributed by atoms with Gasteiger partial charge >= 0.3 is 0 Å². The van der Waals surface area contributed by atoms with Crippen LogP contribution >= 0.6 is 0 Å². The van der Waals surface area contributed by atoms with Gasteiger partial charge in [0.1, 0.15) is 12.4 Å². The van der Waals surface area contributed by atoms with Crippen LogP contribution in [0.25, 0.3) is 0 Å². The molecule has 2 saturated heterocycles. The van der Waals surface area contributed by atoms with Crippen LogP contribution in [-0.2, 0) is 22.4 Å². The first-order chi connectivity index (χ1) is 19.0. The number of rotatable bonds is 4. The third-order valence-corrected chi connectivity index (χ3v) is 9.06. The second-order valence-corrected chi connectivity index (χ2v) is 11.8. The maximum absolute atomic E-state index is 13.3. The molecular formula is C32H44N4O3. The number of hydrogen-bond donors (Lipinski definition) is 1. The normalized spacial score (nSPS) is 21.3. The SMILES string of the molecule is Cc1ccc(CC2CCN(C(=O)CN3CCC4(CCCCc5ccccc5OCCNC4=O)CC3)CC2)nc1. The molecule has 0 saturated carbocycles. The fourth-order valence-corrected chi connectivity index (χ4v) is 6.47. The van der Waals surface area contributed by atoms with E-state index in [4.69, 9.17) is 4.74 Å². The van der Waals surface area contributed by atoms with Gasteiger partial charge in [0.15, 0.2) is 0 Å². The lowest BCUT2D eigenvalue weighted by molar-refractivity contribution is -0.137. The predicted molar refractivity (Wildman–Crippen MR) is 153 cm³/mol. The fraction of sp³-hybridized carbons (Fsp3) is 0.594. The monoisotopic (exact) mass is 532 g/mol. The molecule has 3 aliphatic rings. The van der Waals surface area contributed by atoms with Crippen LogP contribution < -0.4 is 10.1 Å². The second-order valence-electron chi connectivity index (χ2n) is 11.8. The van der Waals surface area contributed by atoms with Crippen molar-refractivity contribution >= 4 is 11.8 Å². The van der Waals surface area contributed by atoms with Crippen molar-refractivity contribution in [3.05, 3.63) is 59.4 Å². The summed E-state index contributed by atoms with van der Waals surface area (Å²) in [6, 6.07) is 12.5. The van der Waals surface area contributed by atoms with E-state index in [1.165, 1.54) is 11.1 Å². The van der Waals surface area contributed by atoms with E-state index < -0.39 is 0 Å². The number of aryl methyl sites for hydroxylation is 2. The summed E-state index contributed by atoms with van der Waals surface area (Å²) < 4.78 is 5.98. The lowest BCUT2D eigenvalue weighted by Crippen LogP contribution is -2.52. The molecule has 2 aromatic rings. The Balaban J connectivity index is 1.08. The van der Waals surface area contributed by atoms with E-state index in [9.17, 15) is 9.59 Å². The van der Waals surface area contributed by atoms with Crippen LogP contribution in [0.3, 0.4) is 0 Å². The molecule has 7 heteroatoms. The molecule has 3 aliphatic heterocycles. The lowest BCUT2D eigenvalue weighted by atomic mass is 9.73. The first-order valence-electron chi connectivity index (χ1n) is 14.9. The zero-order valence-electron chi connectivity index (χ0n) is 23.5. The largest absolute Gasteiger partial charge is 0.491 e. The highest BCUT2D eigenvalue weighted by atomic mass is 16.5. The summed E-state index contributed by atoms with van der Waals surface area (Å²) in [6.45, 7) is 6.80. The molecule has 1 aromatic carbocycles. The number of carbonyl (C=O) groups is 2. The van der Waals surface area contributed by atoms with Gasteiger partial charge in [0.05, 0.1) is 18.5 Å². The van der Waals surface area contributed by atoms with Gasteiger partial charge in [-0.15, -0.1) is 0 Å². The number of pyridine rings is 1. The minimum absolute atomic E-state index is 0.163. The minimum Gasteiger partial charge on any atom is -0.491 e. The van der Waals surface area contributed by atoms with E-state index in [-0.39, 0.29) is 17.2 Å². The highest BCUT2D eigenvalue weighted by Gasteiger charge is 2.41. The summed E-state index contributed by atoms with van der Waals surface area (Å²) in [7, 11) is 0. The molecule has 5 rings (SSSR count). The maximum atomic E-state index is 13.3. The quantitative estimate of drug-likeness (QED) is 0.640. The van der Waals surface area contributed by atoms with Gasteiger partial charge in [0, 0.05) is 25.0 Å². The molecule has 1 spiro atoms. The molecule has 1 aromatic heterocycles. The standard InChI is InChI=1S/C32H44N4O3/c1-25-9-10-28(34-23-25)22-26-11-17-36(18-12-26)30(37)24-35-19-14-32(15-20-35)13-5-4-7-27-6-2-3-8-29(27)39-21-16-33-31(32)38/h2-3,6,8-10,23,26H,4-5,7,11-22,24H2,1H3,(H,33,38). The van der Waals surface area contributed by atoms with Crippen LogP contribution in [0.15, 0.2) is 42.6 Å². The Hall–Kier alpha value is -2.93. The average molecular weight is 533 g/mol. The molecule has 0 bridgehead atoms. The van der Waals surface area contributed by atoms with Gasteiger partial charge in [-0.25, -0.2) is 0 Å². The maximum Gasteiger partial charge on any atom is 0.236 e. The third kappa shape index (κ3) is 7.18. The molecule has 1 N–H and O–H groups in total. The van der Waals surface area contributed by atoms with Gasteiger partial charge in [0.2, 0.25) is 11.8 Å². The number of nitrogens with one attached hydrogen (secondary N) is 1. The second kappa shape index (κ2) is 12.9. The van der Waals surface area contributed by atoms with Gasteiger partial charge in [-0.1, -0.05) is 30.7 Å². The molecule has 39 heavy (non-hydrogen) atoms. The lowest BCUT2D eigenvalue weighted by Gasteiger charge is -2.41. The van der Waals surface area contributed by atoms with Crippen LogP contribution in [-0.4, -0.2) is 72.5 Å². The van der Waals surface area contributed by atoms with E-state index >= 15 is 0 Å². The number of ether oxygens (including phenoxy) is 1. The minimum atomic E-state index is -0.333. The third-order valence-electron chi connectivity index (χ3n) is 9.06. The smallest absolute Gasteiger partial charge is 0.236 e. The van der Waals surface area contributed by atoms with Crippen LogP contribution in [0.5, 0.6) is 5.75 Å². The number of likely N-dealkylation sites (tertiary alicyclic amines) is 2. The molecule has 210 valence electrons. The Morgan fingerprint density at radius 3 is 2.62 bits per heavy atom. The van der Waals surface area contributed by atoms with E-state index in [2.05, 4.69) is 46.4 Å². The first kappa shape index (κ1) is 27.6. The topological polar surface area (TPSA) is 74.8 Å². The predicted octanol–water partition coefficient (Wildman–Crippen LogP) is 4.17. The molecule has 0 radical (unpaired) electrons. The van der Waals surface area contributed by atoms with Gasteiger partial charge in [-0.05, 0) is 101 Å². The number of para-hydroxylation sites is 1. The van der Waals surface area contributed by atoms with Crippen LogP contribution in [0.2, 0.25) is 0 Å². The van der Waals surface area contributed by atoms with Crippen LogP contribution in [0.4, 0.5) is 0 Å². The van der Waals surface area contributed by atoms with Crippen molar-refractivity contribution in [2.24, 2.45) is 11.3 Å². The van der Waals surface area contributed by atoms with Crippen molar-refractivity contribution in [1.82, 2.24) is 20.1 Å². The summed E-state index contributed by atoms with van der Waals surface area (Å²) in [5.74, 6) is 1.93. The summed E-state index contributed by atoms with van der Waals surface area (Å²) in [5.41, 5.74) is 3.26. The Bertz CT molecular complexity index is 1100. The summed E-state index contributed by atoms with van der Waals surface area (Å²) >= 11 is 0. The molecule has 2 fully saturated rings. The number of nitrogens with zero attached hydrogens (tertiary/aromatic N) is 3. The number of benzene rings is 1. The van der Waals surface area contributed by atoms with E-state index in [0.29, 0.717) is 25.6 Å². The zero-order valence-corrected chi connectivity index (χ0v) is 23.5. The number of piperidine rings is 2. The van der Waals surface area contributed by atoms with Crippen molar-refractivity contribution in [1.29, 1.82) is 0 Å². The Kier molecular flexibility index (Phi) is 9.17. The molecular weight excluding hydrogens is 488 g/mol. The summed E-state index contributed by atoms with van der Waals surface area (Å²) in [6.07, 6.45) is 10.6. The van der Waals surface area contributed by atoms with Gasteiger partial charge in [-0.3, -0.25) is 19.5 Å². The Labute approximate surface area is 233 Å². The number of hydrogen-bond acceptors (Lipinski definition) is 5. The number of carbonyl (C=O) groups excluding carboxylic acids is 2. The van der Waals surface area contributed by atoms with E-state index in [1.807, 2.05) is 23.2 Å². The number of aromatic nitrogens is 1. The molecule has 0 atom stereocenters. The van der Waals surface area contributed by atoms with Crippen LogP contribution in [0.1, 0.15) is 61.8 Å². The first-order valence-corrected chi connectivity index (χ1v) is 14.9. The van der Waals surface area contributed by atoms with Gasteiger partial charge in [0.25, 0.3) is 0 Å². The molecule has 7 nitrogen and oxygen atoms in total. The number of fused-ring (bicyclic) bond motifs is 1. The van der Waals surface area contributed by atoms with E-state index in [0.717, 1.165) is 95.4 Å². The van der Waals surface area contributed by atoms with Crippen molar-refractivity contribution in [3.8, 4) is 5.75 Å². The van der Waals surface area contributed by atoms with Crippen LogP contribution in [0, 0.1) is 18.3 Å². The Morgan fingerprint density at radius 2 is 1.85 bits per heavy atom. The fourth-order valence-electron chi connectivity index (χ4n) is 6.47. The summed E-state index contributed by atoms with van der Waals surface area (Å²) in [5, 5.41) is 3.16. The van der Waals surface area contributed by atoms with Gasteiger partial charge in [-0.2, -0.15) is 0 Å². The van der Waals surface area contributed by atoms with Gasteiger partial charge < -0.3 is 15.0 Å².